The number of aromatic nitrogens is 1. The Kier molecular flexibility index (Phi) is 7.98. The molecule has 1 saturated carbocycles. The molecule has 2 aromatic carbocycles. The van der Waals surface area contributed by atoms with Crippen LogP contribution in [0.25, 0.3) is 0 Å². The normalized spacial score (nSPS) is 27.1. The van der Waals surface area contributed by atoms with Crippen LogP contribution in [0.3, 0.4) is 0 Å². The fourth-order valence-electron chi connectivity index (χ4n) is 6.97. The smallest absolute Gasteiger partial charge is 0.257 e. The number of aliphatic hydroxyl groups is 2. The Balaban J connectivity index is 1.46. The van der Waals surface area contributed by atoms with Gasteiger partial charge in [-0.3, -0.25) is 14.9 Å². The van der Waals surface area contributed by atoms with Gasteiger partial charge in [0, 0.05) is 39.9 Å². The van der Waals surface area contributed by atoms with Gasteiger partial charge in [0.05, 0.1) is 18.4 Å². The van der Waals surface area contributed by atoms with E-state index in [-0.39, 0.29) is 47.8 Å². The van der Waals surface area contributed by atoms with E-state index >= 15 is 0 Å². The average molecular weight is 592 g/mol. The average Bonchev–Trinajstić information content (AvgIpc) is 3.33. The predicted octanol–water partition coefficient (Wildman–Crippen LogP) is 5.84. The van der Waals surface area contributed by atoms with Crippen molar-refractivity contribution in [1.82, 2.24) is 4.98 Å². The topological polar surface area (TPSA) is 132 Å². The van der Waals surface area contributed by atoms with E-state index in [1.807, 2.05) is 31.2 Å². The SMILES string of the molecule is CC(C)(C)c1ccc(C(=O)Nc2nc3c(s2)CC2C(C)(CO)C(O)CCC2(C)C3CC(=O)Nc2cccc(O)c2)cc1. The van der Waals surface area contributed by atoms with Crippen LogP contribution in [0.1, 0.15) is 86.3 Å². The van der Waals surface area contributed by atoms with Gasteiger partial charge in [0.2, 0.25) is 5.91 Å². The molecular formula is C33H41N3O5S. The van der Waals surface area contributed by atoms with Gasteiger partial charge >= 0.3 is 0 Å². The molecule has 5 unspecified atom stereocenters. The molecule has 1 heterocycles. The molecule has 5 rings (SSSR count). The Hall–Kier alpha value is -3.27. The zero-order valence-electron chi connectivity index (χ0n) is 24.9. The van der Waals surface area contributed by atoms with Gasteiger partial charge in [-0.25, -0.2) is 4.98 Å². The van der Waals surface area contributed by atoms with Crippen LogP contribution in [0, 0.1) is 16.7 Å². The molecule has 2 aliphatic carbocycles. The van der Waals surface area contributed by atoms with Crippen molar-refractivity contribution < 1.29 is 24.9 Å². The number of anilines is 2. The Bertz CT molecular complexity index is 1480. The molecule has 0 spiro atoms. The van der Waals surface area contributed by atoms with Crippen molar-refractivity contribution in [2.45, 2.75) is 77.7 Å². The number of rotatable bonds is 6. The molecule has 9 heteroatoms. The summed E-state index contributed by atoms with van der Waals surface area (Å²) in [6, 6.07) is 14.0. The lowest BCUT2D eigenvalue weighted by Crippen LogP contribution is -2.57. The van der Waals surface area contributed by atoms with Crippen LogP contribution in [0.5, 0.6) is 5.75 Å². The van der Waals surface area contributed by atoms with Crippen molar-refractivity contribution in [3.63, 3.8) is 0 Å². The molecule has 0 bridgehead atoms. The van der Waals surface area contributed by atoms with Crippen molar-refractivity contribution in [3.8, 4) is 5.75 Å². The summed E-state index contributed by atoms with van der Waals surface area (Å²) in [4.78, 5) is 32.4. The highest BCUT2D eigenvalue weighted by atomic mass is 32.1. The molecular weight excluding hydrogens is 550 g/mol. The summed E-state index contributed by atoms with van der Waals surface area (Å²) in [7, 11) is 0. The highest BCUT2D eigenvalue weighted by molar-refractivity contribution is 7.15. The zero-order valence-corrected chi connectivity index (χ0v) is 25.7. The minimum absolute atomic E-state index is 0.0187. The van der Waals surface area contributed by atoms with Gasteiger partial charge in [0.15, 0.2) is 5.13 Å². The molecule has 1 aromatic heterocycles. The molecule has 5 N–H and O–H groups in total. The number of fused-ring (bicyclic) bond motifs is 2. The number of hydrogen-bond donors (Lipinski definition) is 5. The largest absolute Gasteiger partial charge is 0.508 e. The maximum absolute atomic E-state index is 13.4. The summed E-state index contributed by atoms with van der Waals surface area (Å²) in [5.74, 6) is -0.798. The number of nitrogens with zero attached hydrogens (tertiary/aromatic N) is 1. The van der Waals surface area contributed by atoms with Gasteiger partial charge in [-0.05, 0) is 65.8 Å². The van der Waals surface area contributed by atoms with Crippen LogP contribution in [-0.4, -0.2) is 44.8 Å². The quantitative estimate of drug-likeness (QED) is 0.245. The van der Waals surface area contributed by atoms with Crippen LogP contribution < -0.4 is 10.6 Å². The third kappa shape index (κ3) is 5.57. The number of aromatic hydroxyl groups is 1. The summed E-state index contributed by atoms with van der Waals surface area (Å²) in [6.07, 6.45) is 1.27. The van der Waals surface area contributed by atoms with E-state index in [4.69, 9.17) is 4.98 Å². The third-order valence-electron chi connectivity index (χ3n) is 9.65. The number of nitrogens with one attached hydrogen (secondary N) is 2. The maximum Gasteiger partial charge on any atom is 0.257 e. The zero-order chi connectivity index (χ0) is 30.4. The van der Waals surface area contributed by atoms with E-state index in [0.29, 0.717) is 35.6 Å². The predicted molar refractivity (Wildman–Crippen MR) is 165 cm³/mol. The lowest BCUT2D eigenvalue weighted by molar-refractivity contribution is -0.143. The minimum atomic E-state index is -0.743. The van der Waals surface area contributed by atoms with Gasteiger partial charge in [0.1, 0.15) is 5.75 Å². The number of benzene rings is 2. The summed E-state index contributed by atoms with van der Waals surface area (Å²) < 4.78 is 0. The van der Waals surface area contributed by atoms with Crippen molar-refractivity contribution in [3.05, 3.63) is 70.2 Å². The highest BCUT2D eigenvalue weighted by Crippen LogP contribution is 2.62. The fourth-order valence-corrected chi connectivity index (χ4v) is 8.03. The van der Waals surface area contributed by atoms with Crippen LogP contribution in [-0.2, 0) is 16.6 Å². The minimum Gasteiger partial charge on any atom is -0.508 e. The summed E-state index contributed by atoms with van der Waals surface area (Å²) in [5, 5.41) is 37.7. The number of carbonyl (C=O) groups excluding carboxylic acids is 2. The number of amides is 2. The summed E-state index contributed by atoms with van der Waals surface area (Å²) >= 11 is 1.40. The summed E-state index contributed by atoms with van der Waals surface area (Å²) in [5.41, 5.74) is 1.79. The molecule has 5 atom stereocenters. The second-order valence-electron chi connectivity index (χ2n) is 13.4. The summed E-state index contributed by atoms with van der Waals surface area (Å²) in [6.45, 7) is 10.3. The monoisotopic (exact) mass is 591 g/mol. The second kappa shape index (κ2) is 11.1. The number of phenolic OH excluding ortho intramolecular Hbond substituents is 1. The number of thiazole rings is 1. The number of hydrogen-bond acceptors (Lipinski definition) is 7. The van der Waals surface area contributed by atoms with E-state index in [1.54, 1.807) is 18.2 Å². The first kappa shape index (κ1) is 30.2. The molecule has 2 aliphatic rings. The molecule has 2 amide bonds. The molecule has 224 valence electrons. The molecule has 0 radical (unpaired) electrons. The molecule has 1 fully saturated rings. The highest BCUT2D eigenvalue weighted by Gasteiger charge is 2.59. The van der Waals surface area contributed by atoms with Gasteiger partial charge in [0.25, 0.3) is 5.91 Å². The van der Waals surface area contributed by atoms with E-state index in [0.717, 1.165) is 16.1 Å². The second-order valence-corrected chi connectivity index (χ2v) is 14.5. The first-order chi connectivity index (χ1) is 19.7. The van der Waals surface area contributed by atoms with Crippen molar-refractivity contribution in [1.29, 1.82) is 0 Å². The molecule has 8 nitrogen and oxygen atoms in total. The van der Waals surface area contributed by atoms with Gasteiger partial charge in [-0.15, -0.1) is 11.3 Å². The van der Waals surface area contributed by atoms with Crippen molar-refractivity contribution in [2.24, 2.45) is 16.7 Å². The van der Waals surface area contributed by atoms with E-state index in [9.17, 15) is 24.9 Å². The van der Waals surface area contributed by atoms with Gasteiger partial charge in [-0.2, -0.15) is 0 Å². The lowest BCUT2D eigenvalue weighted by Gasteiger charge is -2.58. The van der Waals surface area contributed by atoms with Crippen LogP contribution in [0.2, 0.25) is 0 Å². The fraction of sp³-hybridized carbons (Fsp3) is 0.485. The molecule has 42 heavy (non-hydrogen) atoms. The standard InChI is InChI=1S/C33H41N3O5S/c1-31(2,3)20-11-9-19(10-12-20)29(41)36-30-35-28-23(16-27(40)34-21-7-6-8-22(38)15-21)32(4)14-13-26(39)33(5,18-37)25(32)17-24(28)42-30/h6-12,15,23,25-26,37-39H,13-14,16-18H2,1-5H3,(H,34,40)(H,35,36,41). The molecule has 0 aliphatic heterocycles. The first-order valence-corrected chi connectivity index (χ1v) is 15.4. The number of phenols is 1. The number of carbonyl (C=O) groups is 2. The van der Waals surface area contributed by atoms with Crippen LogP contribution in [0.15, 0.2) is 48.5 Å². The Morgan fingerprint density at radius 2 is 1.81 bits per heavy atom. The van der Waals surface area contributed by atoms with E-state index < -0.39 is 16.9 Å². The first-order valence-electron chi connectivity index (χ1n) is 14.5. The van der Waals surface area contributed by atoms with Crippen molar-refractivity contribution in [2.75, 3.05) is 17.2 Å². The molecule has 3 aromatic rings. The van der Waals surface area contributed by atoms with Crippen LogP contribution >= 0.6 is 11.3 Å². The van der Waals surface area contributed by atoms with Gasteiger partial charge in [-0.1, -0.05) is 52.8 Å². The van der Waals surface area contributed by atoms with E-state index in [1.165, 1.54) is 17.4 Å². The Morgan fingerprint density at radius 1 is 1.10 bits per heavy atom. The van der Waals surface area contributed by atoms with Crippen molar-refractivity contribution >= 4 is 34.0 Å². The molecule has 0 saturated heterocycles. The van der Waals surface area contributed by atoms with Crippen LogP contribution in [0.4, 0.5) is 10.8 Å². The Morgan fingerprint density at radius 3 is 2.45 bits per heavy atom. The third-order valence-corrected chi connectivity index (χ3v) is 10.7. The number of aliphatic hydroxyl groups excluding tert-OH is 2. The lowest BCUT2D eigenvalue weighted by atomic mass is 9.47. The maximum atomic E-state index is 13.4. The van der Waals surface area contributed by atoms with Gasteiger partial charge < -0.3 is 20.6 Å². The Labute approximate surface area is 251 Å². The van der Waals surface area contributed by atoms with E-state index in [2.05, 4.69) is 38.3 Å².